The largest absolute Gasteiger partial charge is 0.384 e. The van der Waals surface area contributed by atoms with Crippen molar-refractivity contribution in [1.29, 1.82) is 5.41 Å². The predicted octanol–water partition coefficient (Wildman–Crippen LogP) is -0.223. The Morgan fingerprint density at radius 3 is 2.38 bits per heavy atom. The second kappa shape index (κ2) is 6.54. The molecule has 0 saturated heterocycles. The first-order valence-corrected chi connectivity index (χ1v) is 9.73. The molecule has 0 heterocycles. The minimum absolute atomic E-state index is 0.0905. The van der Waals surface area contributed by atoms with Crippen molar-refractivity contribution in [3.63, 3.8) is 0 Å². The first-order valence-electron chi connectivity index (χ1n) is 6.06. The molecule has 0 aromatic heterocycles. The molecule has 9 heteroatoms. The lowest BCUT2D eigenvalue weighted by atomic mass is 10.1. The Hall–Kier alpha value is -1.45. The summed E-state index contributed by atoms with van der Waals surface area (Å²) < 4.78 is 47.2. The zero-order valence-electron chi connectivity index (χ0n) is 11.9. The van der Waals surface area contributed by atoms with Gasteiger partial charge in [-0.1, -0.05) is 18.2 Å². The standard InChI is InChI=1S/C12H19N3O4S2/c1-15(21(18,19)7-6-20(2,16)17)9-10-4-3-5-11(8-10)12(13)14/h3-5,8H,6-7,9H2,1-2H3,(H3,13,14). The summed E-state index contributed by atoms with van der Waals surface area (Å²) >= 11 is 0. The highest BCUT2D eigenvalue weighted by Gasteiger charge is 2.20. The molecule has 7 nitrogen and oxygen atoms in total. The van der Waals surface area contributed by atoms with E-state index in [1.54, 1.807) is 24.3 Å². The van der Waals surface area contributed by atoms with Crippen LogP contribution in [0.4, 0.5) is 0 Å². The van der Waals surface area contributed by atoms with Gasteiger partial charge < -0.3 is 5.73 Å². The van der Waals surface area contributed by atoms with Crippen molar-refractivity contribution >= 4 is 25.7 Å². The first-order chi connectivity index (χ1) is 9.51. The number of nitrogens with zero attached hydrogens (tertiary/aromatic N) is 1. The van der Waals surface area contributed by atoms with Crippen LogP contribution >= 0.6 is 0 Å². The zero-order chi connectivity index (χ0) is 16.3. The van der Waals surface area contributed by atoms with E-state index in [-0.39, 0.29) is 12.4 Å². The molecule has 3 N–H and O–H groups in total. The number of amidine groups is 1. The van der Waals surface area contributed by atoms with Gasteiger partial charge in [0.05, 0.1) is 11.5 Å². The zero-order valence-corrected chi connectivity index (χ0v) is 13.5. The van der Waals surface area contributed by atoms with E-state index in [0.717, 1.165) is 10.6 Å². The van der Waals surface area contributed by atoms with Gasteiger partial charge in [0, 0.05) is 25.4 Å². The van der Waals surface area contributed by atoms with E-state index in [4.69, 9.17) is 11.1 Å². The lowest BCUT2D eigenvalue weighted by molar-refractivity contribution is 0.467. The fourth-order valence-electron chi connectivity index (χ4n) is 1.61. The summed E-state index contributed by atoms with van der Waals surface area (Å²) in [7, 11) is -5.60. The molecule has 0 aliphatic heterocycles. The van der Waals surface area contributed by atoms with E-state index in [1.807, 2.05) is 0 Å². The van der Waals surface area contributed by atoms with E-state index < -0.39 is 31.4 Å². The molecule has 0 bridgehead atoms. The summed E-state index contributed by atoms with van der Waals surface area (Å²) in [4.78, 5) is 0. The van der Waals surface area contributed by atoms with Gasteiger partial charge in [-0.05, 0) is 11.6 Å². The molecule has 0 fully saturated rings. The third-order valence-electron chi connectivity index (χ3n) is 2.83. The molecule has 0 saturated carbocycles. The van der Waals surface area contributed by atoms with Crippen molar-refractivity contribution in [2.75, 3.05) is 24.8 Å². The average molecular weight is 333 g/mol. The number of nitrogen functional groups attached to an aromatic ring is 1. The third kappa shape index (κ3) is 5.82. The number of sulfonamides is 1. The summed E-state index contributed by atoms with van der Waals surface area (Å²) in [5.41, 5.74) is 6.56. The quantitative estimate of drug-likeness (QED) is 0.527. The highest BCUT2D eigenvalue weighted by atomic mass is 32.2. The molecule has 118 valence electrons. The number of sulfone groups is 1. The van der Waals surface area contributed by atoms with Crippen LogP contribution in [0.2, 0.25) is 0 Å². The van der Waals surface area contributed by atoms with Crippen molar-refractivity contribution in [3.05, 3.63) is 35.4 Å². The van der Waals surface area contributed by atoms with Gasteiger partial charge in [0.15, 0.2) is 0 Å². The Morgan fingerprint density at radius 1 is 1.24 bits per heavy atom. The molecule has 0 amide bonds. The highest BCUT2D eigenvalue weighted by molar-refractivity contribution is 7.93. The van der Waals surface area contributed by atoms with E-state index in [9.17, 15) is 16.8 Å². The number of benzene rings is 1. The number of nitrogens with one attached hydrogen (secondary N) is 1. The predicted molar refractivity (Wildman–Crippen MR) is 82.4 cm³/mol. The first kappa shape index (κ1) is 17.6. The number of hydrogen-bond acceptors (Lipinski definition) is 5. The minimum Gasteiger partial charge on any atom is -0.384 e. The van der Waals surface area contributed by atoms with Gasteiger partial charge in [-0.25, -0.2) is 21.1 Å². The lowest BCUT2D eigenvalue weighted by Crippen LogP contribution is -2.31. The van der Waals surface area contributed by atoms with Crippen molar-refractivity contribution in [2.24, 2.45) is 5.73 Å². The minimum atomic E-state index is -3.66. The summed E-state index contributed by atoms with van der Waals surface area (Å²) in [5.74, 6) is -0.957. The lowest BCUT2D eigenvalue weighted by Gasteiger charge is -2.17. The maximum atomic E-state index is 12.0. The average Bonchev–Trinajstić information content (AvgIpc) is 2.36. The SMILES string of the molecule is CN(Cc1cccc(C(=N)N)c1)S(=O)(=O)CCS(C)(=O)=O. The van der Waals surface area contributed by atoms with Crippen LogP contribution in [0.5, 0.6) is 0 Å². The Labute approximate surface area is 125 Å². The molecule has 0 aliphatic carbocycles. The van der Waals surface area contributed by atoms with Crippen molar-refractivity contribution < 1.29 is 16.8 Å². The monoisotopic (exact) mass is 333 g/mol. The maximum absolute atomic E-state index is 12.0. The van der Waals surface area contributed by atoms with Gasteiger partial charge in [0.1, 0.15) is 15.7 Å². The van der Waals surface area contributed by atoms with Gasteiger partial charge in [-0.2, -0.15) is 0 Å². The molecular formula is C12H19N3O4S2. The topological polar surface area (TPSA) is 121 Å². The van der Waals surface area contributed by atoms with E-state index >= 15 is 0 Å². The molecule has 0 radical (unpaired) electrons. The molecule has 0 aliphatic rings. The molecule has 1 rings (SSSR count). The van der Waals surface area contributed by atoms with Gasteiger partial charge in [-0.15, -0.1) is 0 Å². The fourth-order valence-corrected chi connectivity index (χ4v) is 4.32. The second-order valence-corrected chi connectivity index (χ2v) is 9.27. The van der Waals surface area contributed by atoms with Crippen LogP contribution in [0.15, 0.2) is 24.3 Å². The summed E-state index contributed by atoms with van der Waals surface area (Å²) in [6, 6.07) is 6.69. The fraction of sp³-hybridized carbons (Fsp3) is 0.417. The third-order valence-corrected chi connectivity index (χ3v) is 5.83. The number of hydrogen-bond donors (Lipinski definition) is 2. The Balaban J connectivity index is 2.82. The van der Waals surface area contributed by atoms with Crippen molar-refractivity contribution in [3.8, 4) is 0 Å². The van der Waals surface area contributed by atoms with E-state index in [1.165, 1.54) is 7.05 Å². The molecule has 21 heavy (non-hydrogen) atoms. The van der Waals surface area contributed by atoms with Gasteiger partial charge in [-0.3, -0.25) is 5.41 Å². The molecule has 0 spiro atoms. The summed E-state index contributed by atoms with van der Waals surface area (Å²) in [6.07, 6.45) is 0.999. The molecule has 0 unspecified atom stereocenters. The van der Waals surface area contributed by atoms with Crippen LogP contribution in [0.25, 0.3) is 0 Å². The molecule has 0 atom stereocenters. The summed E-state index contributed by atoms with van der Waals surface area (Å²) in [6.45, 7) is 0.0905. The van der Waals surface area contributed by atoms with Crippen LogP contribution in [0.1, 0.15) is 11.1 Å². The Bertz CT molecular complexity index is 727. The van der Waals surface area contributed by atoms with Gasteiger partial charge in [0.2, 0.25) is 10.0 Å². The second-order valence-electron chi connectivity index (χ2n) is 4.82. The summed E-state index contributed by atoms with van der Waals surface area (Å²) in [5, 5.41) is 7.35. The van der Waals surface area contributed by atoms with Gasteiger partial charge >= 0.3 is 0 Å². The van der Waals surface area contributed by atoms with Gasteiger partial charge in [0.25, 0.3) is 0 Å². The Morgan fingerprint density at radius 2 is 1.86 bits per heavy atom. The van der Waals surface area contributed by atoms with Crippen LogP contribution < -0.4 is 5.73 Å². The Kier molecular flexibility index (Phi) is 5.48. The maximum Gasteiger partial charge on any atom is 0.215 e. The molecule has 1 aromatic rings. The van der Waals surface area contributed by atoms with E-state index in [0.29, 0.717) is 11.1 Å². The van der Waals surface area contributed by atoms with Crippen LogP contribution in [0.3, 0.4) is 0 Å². The van der Waals surface area contributed by atoms with Crippen LogP contribution in [0, 0.1) is 5.41 Å². The van der Waals surface area contributed by atoms with Crippen LogP contribution in [-0.2, 0) is 26.4 Å². The number of nitrogens with two attached hydrogens (primary N) is 1. The van der Waals surface area contributed by atoms with Crippen molar-refractivity contribution in [2.45, 2.75) is 6.54 Å². The van der Waals surface area contributed by atoms with Crippen LogP contribution in [-0.4, -0.2) is 51.8 Å². The molecule has 1 aromatic carbocycles. The molecular weight excluding hydrogens is 314 g/mol. The highest BCUT2D eigenvalue weighted by Crippen LogP contribution is 2.10. The van der Waals surface area contributed by atoms with Crippen molar-refractivity contribution in [1.82, 2.24) is 4.31 Å². The smallest absolute Gasteiger partial charge is 0.215 e. The number of rotatable bonds is 7. The normalized spacial score (nSPS) is 12.5. The van der Waals surface area contributed by atoms with E-state index in [2.05, 4.69) is 0 Å².